The van der Waals surface area contributed by atoms with Crippen LogP contribution in [-0.2, 0) is 0 Å². The number of aromatic hydroxyl groups is 1. The van der Waals surface area contributed by atoms with Gasteiger partial charge in [0.05, 0.1) is 17.7 Å². The molecule has 5 nitrogen and oxygen atoms in total. The zero-order valence-corrected chi connectivity index (χ0v) is 11.9. The average Bonchev–Trinajstić information content (AvgIpc) is 2.39. The van der Waals surface area contributed by atoms with E-state index in [0.717, 1.165) is 0 Å². The van der Waals surface area contributed by atoms with Crippen LogP contribution in [0.3, 0.4) is 0 Å². The monoisotopic (exact) mass is 282 g/mol. The zero-order chi connectivity index (χ0) is 14.4. The van der Waals surface area contributed by atoms with Gasteiger partial charge in [0, 0.05) is 19.5 Å². The Bertz CT molecular complexity index is 477. The van der Waals surface area contributed by atoms with Crippen LogP contribution in [0.1, 0.15) is 23.7 Å². The van der Waals surface area contributed by atoms with Gasteiger partial charge in [-0.3, -0.25) is 4.79 Å². The number of hydrogen-bond donors (Lipinski definition) is 2. The number of ether oxygens (including phenoxy) is 1. The smallest absolute Gasteiger partial charge is 0.257 e. The van der Waals surface area contributed by atoms with Gasteiger partial charge in [-0.05, 0) is 19.1 Å². The Morgan fingerprint density at radius 1 is 1.53 bits per heavy atom. The number of carbonyl (C=O) groups excluding carboxylic acids is 1. The number of methoxy groups -OCH3 is 1. The summed E-state index contributed by atoms with van der Waals surface area (Å²) in [7, 11) is 1.44. The Morgan fingerprint density at radius 2 is 2.21 bits per heavy atom. The molecule has 0 saturated carbocycles. The third-order valence-electron chi connectivity index (χ3n) is 2.75. The highest BCUT2D eigenvalue weighted by Gasteiger charge is 2.19. The van der Waals surface area contributed by atoms with E-state index in [0.29, 0.717) is 24.5 Å². The van der Waals surface area contributed by atoms with Crippen LogP contribution >= 0.6 is 12.2 Å². The number of carbonyl (C=O) groups is 1. The van der Waals surface area contributed by atoms with Crippen molar-refractivity contribution in [2.45, 2.75) is 13.3 Å². The molecule has 19 heavy (non-hydrogen) atoms. The van der Waals surface area contributed by atoms with Crippen LogP contribution in [0, 0.1) is 0 Å². The van der Waals surface area contributed by atoms with E-state index in [1.165, 1.54) is 7.11 Å². The number of para-hydroxylation sites is 1. The summed E-state index contributed by atoms with van der Waals surface area (Å²) in [5.41, 5.74) is 5.65. The van der Waals surface area contributed by atoms with Gasteiger partial charge in [-0.2, -0.15) is 0 Å². The van der Waals surface area contributed by atoms with Crippen LogP contribution in [0.15, 0.2) is 18.2 Å². The molecule has 1 amide bonds. The fourth-order valence-electron chi connectivity index (χ4n) is 1.68. The number of thiocarbonyl (C=S) groups is 1. The van der Waals surface area contributed by atoms with Gasteiger partial charge < -0.3 is 20.5 Å². The van der Waals surface area contributed by atoms with Crippen molar-refractivity contribution in [1.29, 1.82) is 0 Å². The quantitative estimate of drug-likeness (QED) is 0.774. The van der Waals surface area contributed by atoms with E-state index in [2.05, 4.69) is 0 Å². The van der Waals surface area contributed by atoms with E-state index < -0.39 is 0 Å². The first-order valence-electron chi connectivity index (χ1n) is 5.94. The lowest BCUT2D eigenvalue weighted by molar-refractivity contribution is 0.0765. The molecule has 0 fully saturated rings. The van der Waals surface area contributed by atoms with Gasteiger partial charge >= 0.3 is 0 Å². The molecule has 1 rings (SSSR count). The van der Waals surface area contributed by atoms with Crippen molar-refractivity contribution in [2.75, 3.05) is 20.2 Å². The van der Waals surface area contributed by atoms with E-state index >= 15 is 0 Å². The zero-order valence-electron chi connectivity index (χ0n) is 11.0. The number of phenols is 1. The Balaban J connectivity index is 2.94. The fourth-order valence-corrected chi connectivity index (χ4v) is 1.77. The van der Waals surface area contributed by atoms with Crippen molar-refractivity contribution < 1.29 is 14.6 Å². The molecule has 0 radical (unpaired) electrons. The molecule has 0 aliphatic heterocycles. The molecule has 0 heterocycles. The molecule has 1 aromatic rings. The second-order valence-electron chi connectivity index (χ2n) is 3.96. The largest absolute Gasteiger partial charge is 0.504 e. The van der Waals surface area contributed by atoms with E-state index in [-0.39, 0.29) is 23.0 Å². The van der Waals surface area contributed by atoms with E-state index in [1.54, 1.807) is 23.1 Å². The van der Waals surface area contributed by atoms with Crippen LogP contribution in [-0.4, -0.2) is 41.1 Å². The SMILES string of the molecule is CCN(CCC(N)=S)C(=O)c1cccc(OC)c1O. The minimum atomic E-state index is -0.268. The number of hydrogen-bond acceptors (Lipinski definition) is 4. The van der Waals surface area contributed by atoms with Crippen molar-refractivity contribution in [1.82, 2.24) is 4.90 Å². The molecule has 0 aliphatic carbocycles. The number of nitrogens with two attached hydrogens (primary N) is 1. The molecule has 0 unspecified atom stereocenters. The third kappa shape index (κ3) is 3.82. The molecule has 104 valence electrons. The van der Waals surface area contributed by atoms with Gasteiger partial charge in [-0.15, -0.1) is 0 Å². The summed E-state index contributed by atoms with van der Waals surface area (Å²) in [6.45, 7) is 2.80. The predicted molar refractivity (Wildman–Crippen MR) is 77.6 cm³/mol. The van der Waals surface area contributed by atoms with Gasteiger partial charge in [0.15, 0.2) is 11.5 Å². The molecule has 0 aliphatic rings. The minimum absolute atomic E-state index is 0.149. The van der Waals surface area contributed by atoms with Crippen LogP contribution in [0.25, 0.3) is 0 Å². The maximum atomic E-state index is 12.3. The molecular weight excluding hydrogens is 264 g/mol. The second-order valence-corrected chi connectivity index (χ2v) is 4.48. The molecule has 0 saturated heterocycles. The van der Waals surface area contributed by atoms with Crippen LogP contribution < -0.4 is 10.5 Å². The number of benzene rings is 1. The summed E-state index contributed by atoms with van der Waals surface area (Å²) in [5, 5.41) is 9.96. The lowest BCUT2D eigenvalue weighted by Crippen LogP contribution is -2.33. The highest BCUT2D eigenvalue weighted by molar-refractivity contribution is 7.80. The number of amides is 1. The molecule has 0 bridgehead atoms. The summed E-state index contributed by atoms with van der Waals surface area (Å²) in [5.74, 6) is -0.143. The first kappa shape index (κ1) is 15.2. The van der Waals surface area contributed by atoms with E-state index in [1.807, 2.05) is 6.92 Å². The Labute approximate surface area is 118 Å². The third-order valence-corrected chi connectivity index (χ3v) is 2.95. The van der Waals surface area contributed by atoms with Gasteiger partial charge in [-0.25, -0.2) is 0 Å². The fraction of sp³-hybridized carbons (Fsp3) is 0.385. The molecule has 3 N–H and O–H groups in total. The summed E-state index contributed by atoms with van der Waals surface area (Å²) in [6.07, 6.45) is 0.458. The van der Waals surface area contributed by atoms with Gasteiger partial charge in [0.25, 0.3) is 5.91 Å². The molecular formula is C13H18N2O3S. The number of nitrogens with zero attached hydrogens (tertiary/aromatic N) is 1. The summed E-state index contributed by atoms with van der Waals surface area (Å²) in [6, 6.07) is 4.81. The Kier molecular flexibility index (Phi) is 5.57. The van der Waals surface area contributed by atoms with E-state index in [4.69, 9.17) is 22.7 Å². The normalized spacial score (nSPS) is 10.0. The van der Waals surface area contributed by atoms with Crippen molar-refractivity contribution in [3.63, 3.8) is 0 Å². The van der Waals surface area contributed by atoms with Crippen LogP contribution in [0.5, 0.6) is 11.5 Å². The van der Waals surface area contributed by atoms with Gasteiger partial charge in [-0.1, -0.05) is 18.3 Å². The van der Waals surface area contributed by atoms with Gasteiger partial charge in [0.1, 0.15) is 0 Å². The van der Waals surface area contributed by atoms with Crippen molar-refractivity contribution >= 4 is 23.1 Å². The highest BCUT2D eigenvalue weighted by atomic mass is 32.1. The summed E-state index contributed by atoms with van der Waals surface area (Å²) in [4.78, 5) is 14.2. The molecule has 0 spiro atoms. The Morgan fingerprint density at radius 3 is 2.74 bits per heavy atom. The maximum absolute atomic E-state index is 12.3. The number of rotatable bonds is 6. The highest BCUT2D eigenvalue weighted by Crippen LogP contribution is 2.30. The summed E-state index contributed by atoms with van der Waals surface area (Å²) >= 11 is 4.80. The predicted octanol–water partition coefficient (Wildman–Crippen LogP) is 1.54. The lowest BCUT2D eigenvalue weighted by atomic mass is 10.1. The molecule has 0 aromatic heterocycles. The second kappa shape index (κ2) is 6.94. The van der Waals surface area contributed by atoms with Crippen molar-refractivity contribution in [3.8, 4) is 11.5 Å². The van der Waals surface area contributed by atoms with E-state index in [9.17, 15) is 9.90 Å². The van der Waals surface area contributed by atoms with Crippen LogP contribution in [0.2, 0.25) is 0 Å². The topological polar surface area (TPSA) is 75.8 Å². The van der Waals surface area contributed by atoms with Crippen molar-refractivity contribution in [3.05, 3.63) is 23.8 Å². The molecule has 0 atom stereocenters. The van der Waals surface area contributed by atoms with Gasteiger partial charge in [0.2, 0.25) is 0 Å². The number of phenolic OH excluding ortho intramolecular Hbond substituents is 1. The molecule has 1 aromatic carbocycles. The minimum Gasteiger partial charge on any atom is -0.504 e. The maximum Gasteiger partial charge on any atom is 0.257 e. The molecule has 6 heteroatoms. The van der Waals surface area contributed by atoms with Crippen molar-refractivity contribution in [2.24, 2.45) is 5.73 Å². The lowest BCUT2D eigenvalue weighted by Gasteiger charge is -2.21. The average molecular weight is 282 g/mol. The Hall–Kier alpha value is -1.82. The standard InChI is InChI=1S/C13H18N2O3S/c1-3-15(8-7-11(14)19)13(17)9-5-4-6-10(18-2)12(9)16/h4-6,16H,3,7-8H2,1-2H3,(H2,14,19). The first-order chi connectivity index (χ1) is 9.01. The first-order valence-corrected chi connectivity index (χ1v) is 6.35. The summed E-state index contributed by atoms with van der Waals surface area (Å²) < 4.78 is 4.99. The van der Waals surface area contributed by atoms with Crippen LogP contribution in [0.4, 0.5) is 0 Å².